The van der Waals surface area contributed by atoms with E-state index >= 15 is 0 Å². The first-order valence-corrected chi connectivity index (χ1v) is 7.28. The van der Waals surface area contributed by atoms with Gasteiger partial charge in [0.05, 0.1) is 11.4 Å². The zero-order chi connectivity index (χ0) is 14.0. The van der Waals surface area contributed by atoms with Crippen LogP contribution in [0.4, 0.5) is 0 Å². The van der Waals surface area contributed by atoms with Crippen LogP contribution in [0, 0.1) is 5.92 Å². The Morgan fingerprint density at radius 2 is 2.15 bits per heavy atom. The lowest BCUT2D eigenvalue weighted by atomic mass is 9.77. The second-order valence-electron chi connectivity index (χ2n) is 5.45. The molecule has 1 saturated heterocycles. The third kappa shape index (κ3) is 2.15. The minimum Gasteiger partial charge on any atom is -0.383 e. The van der Waals surface area contributed by atoms with Gasteiger partial charge in [0.1, 0.15) is 5.60 Å². The molecule has 106 valence electrons. The molecule has 20 heavy (non-hydrogen) atoms. The minimum atomic E-state index is -0.799. The van der Waals surface area contributed by atoms with Crippen LogP contribution in [0.25, 0.3) is 5.69 Å². The van der Waals surface area contributed by atoms with Crippen molar-refractivity contribution in [2.45, 2.75) is 25.4 Å². The second-order valence-corrected chi connectivity index (χ2v) is 5.45. The van der Waals surface area contributed by atoms with Gasteiger partial charge < -0.3 is 10.4 Å². The molecule has 4 heteroatoms. The third-order valence-corrected chi connectivity index (χ3v) is 4.33. The normalized spacial score (nSPS) is 26.6. The Bertz CT molecular complexity index is 566. The number of nitrogens with one attached hydrogen (secondary N) is 1. The number of hydrogen-bond acceptors (Lipinski definition) is 3. The van der Waals surface area contributed by atoms with E-state index in [4.69, 9.17) is 0 Å². The summed E-state index contributed by atoms with van der Waals surface area (Å²) in [6, 6.07) is 11.9. The van der Waals surface area contributed by atoms with Crippen LogP contribution in [0.2, 0.25) is 0 Å². The van der Waals surface area contributed by atoms with Crippen molar-refractivity contribution in [3.8, 4) is 5.69 Å². The molecule has 3 rings (SSSR count). The first-order valence-electron chi connectivity index (χ1n) is 7.28. The first-order chi connectivity index (χ1) is 9.75. The predicted octanol–water partition coefficient (Wildman–Crippen LogP) is 2.08. The highest BCUT2D eigenvalue weighted by molar-refractivity contribution is 5.34. The van der Waals surface area contributed by atoms with Crippen LogP contribution in [-0.2, 0) is 5.60 Å². The van der Waals surface area contributed by atoms with Gasteiger partial charge in [-0.15, -0.1) is 0 Å². The number of piperidine rings is 1. The van der Waals surface area contributed by atoms with Gasteiger partial charge in [0.15, 0.2) is 0 Å². The summed E-state index contributed by atoms with van der Waals surface area (Å²) in [5.41, 5.74) is 1.10. The Balaban J connectivity index is 2.04. The van der Waals surface area contributed by atoms with Crippen molar-refractivity contribution >= 4 is 0 Å². The summed E-state index contributed by atoms with van der Waals surface area (Å²) < 4.78 is 1.87. The number of benzene rings is 1. The fourth-order valence-corrected chi connectivity index (χ4v) is 3.15. The van der Waals surface area contributed by atoms with Gasteiger partial charge in [-0.3, -0.25) is 0 Å². The standard InChI is InChI=1S/C16H21N3O/c1-2-13-12-17-11-9-16(13,20)15-8-10-18-19(15)14-6-4-3-5-7-14/h3-8,10,13,17,20H,2,9,11-12H2,1H3. The van der Waals surface area contributed by atoms with E-state index in [9.17, 15) is 5.11 Å². The molecule has 1 fully saturated rings. The van der Waals surface area contributed by atoms with Crippen molar-refractivity contribution in [3.05, 3.63) is 48.3 Å². The zero-order valence-corrected chi connectivity index (χ0v) is 11.8. The predicted molar refractivity (Wildman–Crippen MR) is 78.7 cm³/mol. The van der Waals surface area contributed by atoms with Crippen molar-refractivity contribution in [3.63, 3.8) is 0 Å². The van der Waals surface area contributed by atoms with Gasteiger partial charge in [-0.2, -0.15) is 5.10 Å². The lowest BCUT2D eigenvalue weighted by Crippen LogP contribution is -2.48. The molecule has 2 N–H and O–H groups in total. The molecule has 1 aliphatic rings. The molecule has 0 spiro atoms. The van der Waals surface area contributed by atoms with Crippen molar-refractivity contribution in [2.75, 3.05) is 13.1 Å². The van der Waals surface area contributed by atoms with Gasteiger partial charge in [-0.1, -0.05) is 25.1 Å². The molecule has 1 aliphatic heterocycles. The maximum atomic E-state index is 11.2. The number of aromatic nitrogens is 2. The summed E-state index contributed by atoms with van der Waals surface area (Å²) in [5, 5.41) is 19.0. The fourth-order valence-electron chi connectivity index (χ4n) is 3.15. The van der Waals surface area contributed by atoms with E-state index in [-0.39, 0.29) is 5.92 Å². The number of rotatable bonds is 3. The molecule has 2 aromatic rings. The number of para-hydroxylation sites is 1. The average Bonchev–Trinajstić information content (AvgIpc) is 2.99. The summed E-state index contributed by atoms with van der Waals surface area (Å²) in [6.07, 6.45) is 3.45. The Kier molecular flexibility index (Phi) is 3.59. The molecule has 0 aliphatic carbocycles. The summed E-state index contributed by atoms with van der Waals surface area (Å²) in [5.74, 6) is 0.218. The highest BCUT2D eigenvalue weighted by Crippen LogP contribution is 2.37. The zero-order valence-electron chi connectivity index (χ0n) is 11.8. The molecular weight excluding hydrogens is 250 g/mol. The van der Waals surface area contributed by atoms with Crippen LogP contribution < -0.4 is 5.32 Å². The second kappa shape index (κ2) is 5.38. The highest BCUT2D eigenvalue weighted by Gasteiger charge is 2.41. The minimum absolute atomic E-state index is 0.218. The summed E-state index contributed by atoms with van der Waals surface area (Å²) in [6.45, 7) is 3.83. The van der Waals surface area contributed by atoms with Crippen LogP contribution in [0.3, 0.4) is 0 Å². The molecule has 2 heterocycles. The molecule has 2 atom stereocenters. The quantitative estimate of drug-likeness (QED) is 0.898. The smallest absolute Gasteiger partial charge is 0.112 e. The number of aliphatic hydroxyl groups is 1. The number of hydrogen-bond donors (Lipinski definition) is 2. The average molecular weight is 271 g/mol. The van der Waals surface area contributed by atoms with Crippen molar-refractivity contribution in [1.29, 1.82) is 0 Å². The van der Waals surface area contributed by atoms with Crippen LogP contribution >= 0.6 is 0 Å². The fraction of sp³-hybridized carbons (Fsp3) is 0.438. The van der Waals surface area contributed by atoms with E-state index in [0.717, 1.165) is 37.3 Å². The van der Waals surface area contributed by atoms with Gasteiger partial charge in [-0.05, 0) is 37.6 Å². The van der Waals surface area contributed by atoms with Crippen molar-refractivity contribution < 1.29 is 5.11 Å². The third-order valence-electron chi connectivity index (χ3n) is 4.33. The van der Waals surface area contributed by atoms with E-state index in [1.807, 2.05) is 41.1 Å². The lowest BCUT2D eigenvalue weighted by molar-refractivity contribution is -0.0532. The maximum absolute atomic E-state index is 11.2. The van der Waals surface area contributed by atoms with E-state index in [0.29, 0.717) is 0 Å². The van der Waals surface area contributed by atoms with Crippen LogP contribution in [0.15, 0.2) is 42.6 Å². The van der Waals surface area contributed by atoms with Crippen LogP contribution in [-0.4, -0.2) is 28.0 Å². The number of nitrogens with zero attached hydrogens (tertiary/aromatic N) is 2. The molecule has 2 unspecified atom stereocenters. The van der Waals surface area contributed by atoms with E-state index in [1.54, 1.807) is 6.20 Å². The largest absolute Gasteiger partial charge is 0.383 e. The molecule has 0 bridgehead atoms. The molecular formula is C16H21N3O. The Morgan fingerprint density at radius 1 is 1.35 bits per heavy atom. The Morgan fingerprint density at radius 3 is 2.90 bits per heavy atom. The summed E-state index contributed by atoms with van der Waals surface area (Å²) in [7, 11) is 0. The van der Waals surface area contributed by atoms with Crippen LogP contribution in [0.1, 0.15) is 25.5 Å². The van der Waals surface area contributed by atoms with E-state index in [1.165, 1.54) is 0 Å². The topological polar surface area (TPSA) is 50.1 Å². The highest BCUT2D eigenvalue weighted by atomic mass is 16.3. The first kappa shape index (κ1) is 13.3. The van der Waals surface area contributed by atoms with Crippen molar-refractivity contribution in [1.82, 2.24) is 15.1 Å². The van der Waals surface area contributed by atoms with Gasteiger partial charge in [-0.25, -0.2) is 4.68 Å². The SMILES string of the molecule is CCC1CNCCC1(O)c1ccnn1-c1ccccc1. The molecule has 0 amide bonds. The van der Waals surface area contributed by atoms with E-state index < -0.39 is 5.60 Å². The van der Waals surface area contributed by atoms with Gasteiger partial charge >= 0.3 is 0 Å². The summed E-state index contributed by atoms with van der Waals surface area (Å²) >= 11 is 0. The van der Waals surface area contributed by atoms with Gasteiger partial charge in [0.25, 0.3) is 0 Å². The summed E-state index contributed by atoms with van der Waals surface area (Å²) in [4.78, 5) is 0. The molecule has 4 nitrogen and oxygen atoms in total. The van der Waals surface area contributed by atoms with Gasteiger partial charge in [0, 0.05) is 18.7 Å². The lowest BCUT2D eigenvalue weighted by Gasteiger charge is -2.40. The van der Waals surface area contributed by atoms with Crippen LogP contribution in [0.5, 0.6) is 0 Å². The molecule has 1 aromatic carbocycles. The van der Waals surface area contributed by atoms with E-state index in [2.05, 4.69) is 17.3 Å². The molecule has 0 saturated carbocycles. The Labute approximate surface area is 119 Å². The molecule has 0 radical (unpaired) electrons. The maximum Gasteiger partial charge on any atom is 0.112 e. The Hall–Kier alpha value is -1.65. The molecule has 1 aromatic heterocycles. The van der Waals surface area contributed by atoms with Gasteiger partial charge in [0.2, 0.25) is 0 Å². The van der Waals surface area contributed by atoms with Crippen molar-refractivity contribution in [2.24, 2.45) is 5.92 Å². The monoisotopic (exact) mass is 271 g/mol.